The van der Waals surface area contributed by atoms with Gasteiger partial charge in [0, 0.05) is 43.7 Å². The third-order valence-corrected chi connectivity index (χ3v) is 7.60. The number of alkyl carbamates (subject to hydrolysis) is 1. The molecule has 1 saturated heterocycles. The van der Waals surface area contributed by atoms with Gasteiger partial charge in [0.25, 0.3) is 0 Å². The number of piperidine rings is 1. The van der Waals surface area contributed by atoms with Gasteiger partial charge in [0.05, 0.1) is 7.11 Å². The summed E-state index contributed by atoms with van der Waals surface area (Å²) >= 11 is 6.93. The smallest absolute Gasteiger partial charge is 0.406 e. The average molecular weight is 496 g/mol. The third-order valence-electron chi connectivity index (χ3n) is 7.27. The lowest BCUT2D eigenvalue weighted by atomic mass is 9.72. The molecule has 0 radical (unpaired) electrons. The molecule has 2 amide bonds. The second-order valence-electron chi connectivity index (χ2n) is 9.53. The summed E-state index contributed by atoms with van der Waals surface area (Å²) in [4.78, 5) is 25.6. The van der Waals surface area contributed by atoms with Gasteiger partial charge < -0.3 is 20.3 Å². The number of amides is 2. The molecule has 2 aliphatic heterocycles. The number of hydrogen-bond acceptors (Lipinski definition) is 4. The van der Waals surface area contributed by atoms with E-state index < -0.39 is 6.09 Å². The Morgan fingerprint density at radius 2 is 2.03 bits per heavy atom. The summed E-state index contributed by atoms with van der Waals surface area (Å²) in [5.41, 5.74) is 5.66. The Labute approximate surface area is 212 Å². The average Bonchev–Trinajstić information content (AvgIpc) is 2.86. The van der Waals surface area contributed by atoms with E-state index in [0.29, 0.717) is 24.8 Å². The van der Waals surface area contributed by atoms with Crippen molar-refractivity contribution in [2.45, 2.75) is 25.7 Å². The SMILES string of the molecule is COC(=O)NCCc1ccccc1-c1ccc(C2CNCCC2C2=CC(=O)N(C)CC2C)c(Cl)c1. The highest BCUT2D eigenvalue weighted by molar-refractivity contribution is 6.31. The Morgan fingerprint density at radius 3 is 2.80 bits per heavy atom. The second kappa shape index (κ2) is 11.3. The van der Waals surface area contributed by atoms with E-state index in [9.17, 15) is 9.59 Å². The van der Waals surface area contributed by atoms with E-state index in [-0.39, 0.29) is 11.8 Å². The minimum Gasteiger partial charge on any atom is -0.453 e. The van der Waals surface area contributed by atoms with Crippen LogP contribution in [0.3, 0.4) is 0 Å². The van der Waals surface area contributed by atoms with E-state index in [2.05, 4.69) is 46.6 Å². The standard InChI is InChI=1S/C28H34ClN3O3/c1-18-17-32(2)27(33)15-24(18)22-11-12-30-16-25(22)23-9-8-20(14-26(23)29)21-7-5-4-6-19(21)10-13-31-28(34)35-3/h4-9,14-15,18,22,25,30H,10-13,16-17H2,1-3H3,(H,31,34). The number of likely N-dealkylation sites (N-methyl/N-ethyl adjacent to an activating group) is 1. The Hall–Kier alpha value is -2.83. The summed E-state index contributed by atoms with van der Waals surface area (Å²) in [6.07, 6.45) is 3.11. The summed E-state index contributed by atoms with van der Waals surface area (Å²) < 4.78 is 4.66. The summed E-state index contributed by atoms with van der Waals surface area (Å²) in [6.45, 7) is 5.25. The first kappa shape index (κ1) is 25.3. The molecule has 0 aromatic heterocycles. The van der Waals surface area contributed by atoms with Crippen molar-refractivity contribution in [1.82, 2.24) is 15.5 Å². The minimum atomic E-state index is -0.429. The lowest BCUT2D eigenvalue weighted by Gasteiger charge is -2.39. The predicted octanol–water partition coefficient (Wildman–Crippen LogP) is 4.63. The molecule has 2 aliphatic rings. The van der Waals surface area contributed by atoms with Crippen LogP contribution in [0, 0.1) is 11.8 Å². The maximum atomic E-state index is 12.4. The molecule has 1 fully saturated rings. The lowest BCUT2D eigenvalue weighted by Crippen LogP contribution is -2.42. The first-order valence-electron chi connectivity index (χ1n) is 12.3. The number of halogens is 1. The third kappa shape index (κ3) is 5.71. The quantitative estimate of drug-likeness (QED) is 0.612. The Morgan fingerprint density at radius 1 is 1.23 bits per heavy atom. The van der Waals surface area contributed by atoms with Crippen LogP contribution in [0.25, 0.3) is 11.1 Å². The molecule has 4 rings (SSSR count). The first-order valence-corrected chi connectivity index (χ1v) is 12.6. The van der Waals surface area contributed by atoms with Crippen molar-refractivity contribution in [3.8, 4) is 11.1 Å². The molecular formula is C28H34ClN3O3. The molecule has 3 unspecified atom stereocenters. The van der Waals surface area contributed by atoms with E-state index in [1.165, 1.54) is 12.7 Å². The van der Waals surface area contributed by atoms with Gasteiger partial charge in [-0.3, -0.25) is 4.79 Å². The van der Waals surface area contributed by atoms with Gasteiger partial charge in [-0.25, -0.2) is 4.79 Å². The van der Waals surface area contributed by atoms with Crippen LogP contribution >= 0.6 is 11.6 Å². The molecule has 0 saturated carbocycles. The van der Waals surface area contributed by atoms with Crippen molar-refractivity contribution in [1.29, 1.82) is 0 Å². The molecule has 35 heavy (non-hydrogen) atoms. The molecule has 6 nitrogen and oxygen atoms in total. The van der Waals surface area contributed by atoms with E-state index in [1.54, 1.807) is 4.90 Å². The van der Waals surface area contributed by atoms with Gasteiger partial charge in [-0.2, -0.15) is 0 Å². The zero-order valence-electron chi connectivity index (χ0n) is 20.6. The number of methoxy groups -OCH3 is 1. The minimum absolute atomic E-state index is 0.0927. The number of benzene rings is 2. The normalized spacial score (nSPS) is 22.5. The highest BCUT2D eigenvalue weighted by atomic mass is 35.5. The van der Waals surface area contributed by atoms with Crippen molar-refractivity contribution in [3.05, 3.63) is 70.3 Å². The Kier molecular flexibility index (Phi) is 8.14. The van der Waals surface area contributed by atoms with Gasteiger partial charge in [0.2, 0.25) is 5.91 Å². The number of carbonyl (C=O) groups excluding carboxylic acids is 2. The summed E-state index contributed by atoms with van der Waals surface area (Å²) in [7, 11) is 3.23. The largest absolute Gasteiger partial charge is 0.453 e. The fraction of sp³-hybridized carbons (Fsp3) is 0.429. The number of carbonyl (C=O) groups is 2. The monoisotopic (exact) mass is 495 g/mol. The fourth-order valence-corrected chi connectivity index (χ4v) is 5.77. The van der Waals surface area contributed by atoms with Crippen LogP contribution in [0.2, 0.25) is 5.02 Å². The number of nitrogens with zero attached hydrogens (tertiary/aromatic N) is 1. The number of hydrogen-bond donors (Lipinski definition) is 2. The number of rotatable bonds is 6. The maximum absolute atomic E-state index is 12.4. The number of ether oxygens (including phenoxy) is 1. The van der Waals surface area contributed by atoms with Gasteiger partial charge in [0.1, 0.15) is 0 Å². The summed E-state index contributed by atoms with van der Waals surface area (Å²) in [5.74, 6) is 0.945. The van der Waals surface area contributed by atoms with E-state index in [4.69, 9.17) is 11.6 Å². The van der Waals surface area contributed by atoms with Gasteiger partial charge in [-0.05, 0) is 59.5 Å². The molecule has 2 aromatic rings. The highest BCUT2D eigenvalue weighted by Crippen LogP contribution is 2.42. The maximum Gasteiger partial charge on any atom is 0.406 e. The van der Waals surface area contributed by atoms with Crippen molar-refractivity contribution in [2.24, 2.45) is 11.8 Å². The van der Waals surface area contributed by atoms with E-state index in [0.717, 1.165) is 53.3 Å². The predicted molar refractivity (Wildman–Crippen MR) is 140 cm³/mol. The highest BCUT2D eigenvalue weighted by Gasteiger charge is 2.35. The van der Waals surface area contributed by atoms with Crippen molar-refractivity contribution < 1.29 is 14.3 Å². The van der Waals surface area contributed by atoms with Crippen LogP contribution in [0.4, 0.5) is 4.79 Å². The van der Waals surface area contributed by atoms with Crippen LogP contribution in [0.1, 0.15) is 30.4 Å². The first-order chi connectivity index (χ1) is 16.9. The zero-order valence-corrected chi connectivity index (χ0v) is 21.4. The summed E-state index contributed by atoms with van der Waals surface area (Å²) in [5, 5.41) is 7.02. The lowest BCUT2D eigenvalue weighted by molar-refractivity contribution is -0.126. The van der Waals surface area contributed by atoms with Crippen LogP contribution < -0.4 is 10.6 Å². The molecule has 2 heterocycles. The molecule has 7 heteroatoms. The topological polar surface area (TPSA) is 70.7 Å². The molecular weight excluding hydrogens is 462 g/mol. The van der Waals surface area contributed by atoms with Gasteiger partial charge in [0.15, 0.2) is 0 Å². The summed E-state index contributed by atoms with van der Waals surface area (Å²) in [6, 6.07) is 14.5. The number of nitrogens with one attached hydrogen (secondary N) is 2. The van der Waals surface area contributed by atoms with Crippen molar-refractivity contribution in [2.75, 3.05) is 40.3 Å². The molecule has 3 atom stereocenters. The van der Waals surface area contributed by atoms with Gasteiger partial charge in [-0.1, -0.05) is 60.5 Å². The fourth-order valence-electron chi connectivity index (χ4n) is 5.44. The van der Waals surface area contributed by atoms with E-state index in [1.807, 2.05) is 31.3 Å². The van der Waals surface area contributed by atoms with Crippen LogP contribution in [-0.2, 0) is 16.0 Å². The molecule has 0 spiro atoms. The van der Waals surface area contributed by atoms with Gasteiger partial charge in [-0.15, -0.1) is 0 Å². The Bertz CT molecular complexity index is 1120. The Balaban J connectivity index is 1.59. The molecule has 0 aliphatic carbocycles. The van der Waals surface area contributed by atoms with Crippen LogP contribution in [0.15, 0.2) is 54.1 Å². The molecule has 0 bridgehead atoms. The molecule has 2 aromatic carbocycles. The zero-order chi connectivity index (χ0) is 24.9. The molecule has 186 valence electrons. The molecule has 2 N–H and O–H groups in total. The van der Waals surface area contributed by atoms with E-state index >= 15 is 0 Å². The van der Waals surface area contributed by atoms with Gasteiger partial charge >= 0.3 is 6.09 Å². The van der Waals surface area contributed by atoms with Crippen molar-refractivity contribution >= 4 is 23.6 Å². The van der Waals surface area contributed by atoms with Crippen LogP contribution in [-0.4, -0.2) is 57.2 Å². The van der Waals surface area contributed by atoms with Crippen molar-refractivity contribution in [3.63, 3.8) is 0 Å². The van der Waals surface area contributed by atoms with Crippen LogP contribution in [0.5, 0.6) is 0 Å². The second-order valence-corrected chi connectivity index (χ2v) is 9.94.